The lowest BCUT2D eigenvalue weighted by Gasteiger charge is -2.19. The predicted octanol–water partition coefficient (Wildman–Crippen LogP) is 2.25. The number of rotatable bonds is 7. The molecule has 0 radical (unpaired) electrons. The van der Waals surface area contributed by atoms with Crippen LogP contribution in [-0.4, -0.2) is 30.7 Å². The fraction of sp³-hybridized carbons (Fsp3) is 0.929. The van der Waals surface area contributed by atoms with Gasteiger partial charge >= 0.3 is 0 Å². The fourth-order valence-electron chi connectivity index (χ4n) is 2.47. The van der Waals surface area contributed by atoms with Crippen LogP contribution in [0.1, 0.15) is 52.9 Å². The molecule has 1 amide bonds. The molecule has 0 aromatic heterocycles. The van der Waals surface area contributed by atoms with E-state index in [1.165, 1.54) is 0 Å². The van der Waals surface area contributed by atoms with Gasteiger partial charge in [0.25, 0.3) is 0 Å². The molecule has 0 aliphatic carbocycles. The summed E-state index contributed by atoms with van der Waals surface area (Å²) in [5.74, 6) is 0.659. The standard InChI is InChI=1S/C14H28N2O2.ClH/c1-10(2)8-12(9-15)16-14(17)7-6-13-5-4-11(3)18-13;/h10-13H,4-9,15H2,1-3H3,(H,16,17);1H. The highest BCUT2D eigenvalue weighted by Crippen LogP contribution is 2.22. The minimum Gasteiger partial charge on any atom is -0.375 e. The Kier molecular flexibility index (Phi) is 9.40. The maximum Gasteiger partial charge on any atom is 0.220 e. The van der Waals surface area contributed by atoms with Crippen LogP contribution in [-0.2, 0) is 9.53 Å². The first-order valence-electron chi connectivity index (χ1n) is 7.16. The van der Waals surface area contributed by atoms with Crippen molar-refractivity contribution in [2.45, 2.75) is 71.1 Å². The Labute approximate surface area is 123 Å². The average Bonchev–Trinajstić information content (AvgIpc) is 2.71. The molecule has 3 unspecified atom stereocenters. The second-order valence-corrected chi connectivity index (χ2v) is 5.81. The molecule has 4 nitrogen and oxygen atoms in total. The molecule has 3 N–H and O–H groups in total. The van der Waals surface area contributed by atoms with Crippen LogP contribution in [0.2, 0.25) is 0 Å². The van der Waals surface area contributed by atoms with Gasteiger partial charge in [0, 0.05) is 19.0 Å². The molecule has 1 heterocycles. The quantitative estimate of drug-likeness (QED) is 0.756. The summed E-state index contributed by atoms with van der Waals surface area (Å²) in [7, 11) is 0. The van der Waals surface area contributed by atoms with Crippen molar-refractivity contribution in [1.29, 1.82) is 0 Å². The number of carbonyl (C=O) groups excluding carboxylic acids is 1. The Morgan fingerprint density at radius 1 is 1.42 bits per heavy atom. The molecule has 114 valence electrons. The number of amides is 1. The lowest BCUT2D eigenvalue weighted by Crippen LogP contribution is -2.41. The molecular formula is C14H29ClN2O2. The lowest BCUT2D eigenvalue weighted by atomic mass is 10.0. The van der Waals surface area contributed by atoms with Crippen LogP contribution in [0.3, 0.4) is 0 Å². The second kappa shape index (κ2) is 9.56. The molecule has 0 spiro atoms. The van der Waals surface area contributed by atoms with E-state index in [-0.39, 0.29) is 30.5 Å². The van der Waals surface area contributed by atoms with Gasteiger partial charge in [0.05, 0.1) is 12.2 Å². The third kappa shape index (κ3) is 7.75. The predicted molar refractivity (Wildman–Crippen MR) is 80.5 cm³/mol. The molecule has 1 fully saturated rings. The van der Waals surface area contributed by atoms with E-state index in [2.05, 4.69) is 26.1 Å². The highest BCUT2D eigenvalue weighted by molar-refractivity contribution is 5.85. The highest BCUT2D eigenvalue weighted by atomic mass is 35.5. The van der Waals surface area contributed by atoms with Gasteiger partial charge in [-0.05, 0) is 38.5 Å². The number of hydrogen-bond donors (Lipinski definition) is 2. The maximum atomic E-state index is 11.8. The Bertz CT molecular complexity index is 262. The Balaban J connectivity index is 0.00000324. The van der Waals surface area contributed by atoms with Crippen LogP contribution in [0, 0.1) is 5.92 Å². The summed E-state index contributed by atoms with van der Waals surface area (Å²) in [6.07, 6.45) is 5.15. The first kappa shape index (κ1) is 18.7. The fourth-order valence-corrected chi connectivity index (χ4v) is 2.47. The zero-order valence-electron chi connectivity index (χ0n) is 12.4. The SMILES string of the molecule is CC(C)CC(CN)NC(=O)CCC1CCC(C)O1.Cl. The third-order valence-corrected chi connectivity index (χ3v) is 3.42. The van der Waals surface area contributed by atoms with Crippen LogP contribution in [0.5, 0.6) is 0 Å². The number of carbonyl (C=O) groups is 1. The van der Waals surface area contributed by atoms with Gasteiger partial charge < -0.3 is 15.8 Å². The van der Waals surface area contributed by atoms with Crippen molar-refractivity contribution >= 4 is 18.3 Å². The summed E-state index contributed by atoms with van der Waals surface area (Å²) in [6, 6.07) is 0.112. The minimum atomic E-state index is 0. The van der Waals surface area contributed by atoms with E-state index in [0.29, 0.717) is 25.0 Å². The number of hydrogen-bond acceptors (Lipinski definition) is 3. The van der Waals surface area contributed by atoms with Crippen LogP contribution in [0.4, 0.5) is 0 Å². The zero-order valence-corrected chi connectivity index (χ0v) is 13.2. The van der Waals surface area contributed by atoms with Crippen molar-refractivity contribution in [3.05, 3.63) is 0 Å². The van der Waals surface area contributed by atoms with Crippen LogP contribution in [0.15, 0.2) is 0 Å². The number of nitrogens with two attached hydrogens (primary N) is 1. The largest absolute Gasteiger partial charge is 0.375 e. The van der Waals surface area contributed by atoms with Crippen LogP contribution >= 0.6 is 12.4 Å². The maximum absolute atomic E-state index is 11.8. The number of halogens is 1. The van der Waals surface area contributed by atoms with Crippen molar-refractivity contribution in [3.8, 4) is 0 Å². The van der Waals surface area contributed by atoms with Gasteiger partial charge in [-0.2, -0.15) is 0 Å². The van der Waals surface area contributed by atoms with Gasteiger partial charge in [-0.1, -0.05) is 13.8 Å². The van der Waals surface area contributed by atoms with E-state index in [1.807, 2.05) is 0 Å². The zero-order chi connectivity index (χ0) is 13.5. The van der Waals surface area contributed by atoms with E-state index < -0.39 is 0 Å². The Morgan fingerprint density at radius 2 is 2.11 bits per heavy atom. The molecule has 1 aliphatic rings. The van der Waals surface area contributed by atoms with Crippen molar-refractivity contribution in [3.63, 3.8) is 0 Å². The van der Waals surface area contributed by atoms with Gasteiger partial charge in [0.15, 0.2) is 0 Å². The lowest BCUT2D eigenvalue weighted by molar-refractivity contribution is -0.122. The molecule has 0 saturated carbocycles. The molecular weight excluding hydrogens is 264 g/mol. The first-order valence-corrected chi connectivity index (χ1v) is 7.16. The topological polar surface area (TPSA) is 64.3 Å². The highest BCUT2D eigenvalue weighted by Gasteiger charge is 2.22. The molecule has 1 aliphatic heterocycles. The molecule has 0 aromatic carbocycles. The Morgan fingerprint density at radius 3 is 2.58 bits per heavy atom. The molecule has 0 aromatic rings. The van der Waals surface area contributed by atoms with Gasteiger partial charge in [-0.3, -0.25) is 4.79 Å². The molecule has 1 saturated heterocycles. The van der Waals surface area contributed by atoms with Crippen molar-refractivity contribution in [2.24, 2.45) is 11.7 Å². The molecule has 3 atom stereocenters. The third-order valence-electron chi connectivity index (χ3n) is 3.42. The first-order chi connectivity index (χ1) is 8.51. The van der Waals surface area contributed by atoms with E-state index in [9.17, 15) is 4.79 Å². The van der Waals surface area contributed by atoms with E-state index in [0.717, 1.165) is 25.7 Å². The van der Waals surface area contributed by atoms with Crippen molar-refractivity contribution < 1.29 is 9.53 Å². The minimum absolute atomic E-state index is 0. The second-order valence-electron chi connectivity index (χ2n) is 5.81. The molecule has 1 rings (SSSR count). The normalized spacial score (nSPS) is 24.1. The summed E-state index contributed by atoms with van der Waals surface area (Å²) in [5.41, 5.74) is 5.67. The van der Waals surface area contributed by atoms with Gasteiger partial charge in [0.2, 0.25) is 5.91 Å². The van der Waals surface area contributed by atoms with E-state index in [1.54, 1.807) is 0 Å². The number of nitrogens with one attached hydrogen (secondary N) is 1. The van der Waals surface area contributed by atoms with Crippen molar-refractivity contribution in [1.82, 2.24) is 5.32 Å². The van der Waals surface area contributed by atoms with E-state index in [4.69, 9.17) is 10.5 Å². The summed E-state index contributed by atoms with van der Waals surface area (Å²) in [5, 5.41) is 3.01. The van der Waals surface area contributed by atoms with Crippen LogP contribution in [0.25, 0.3) is 0 Å². The van der Waals surface area contributed by atoms with E-state index >= 15 is 0 Å². The summed E-state index contributed by atoms with van der Waals surface area (Å²) < 4.78 is 5.70. The van der Waals surface area contributed by atoms with Gasteiger partial charge in [-0.25, -0.2) is 0 Å². The summed E-state index contributed by atoms with van der Waals surface area (Å²) >= 11 is 0. The monoisotopic (exact) mass is 292 g/mol. The smallest absolute Gasteiger partial charge is 0.220 e. The summed E-state index contributed by atoms with van der Waals surface area (Å²) in [6.45, 7) is 6.89. The Hall–Kier alpha value is -0.320. The average molecular weight is 293 g/mol. The van der Waals surface area contributed by atoms with Crippen LogP contribution < -0.4 is 11.1 Å². The summed E-state index contributed by atoms with van der Waals surface area (Å²) in [4.78, 5) is 11.8. The number of ether oxygens (including phenoxy) is 1. The molecule has 0 bridgehead atoms. The van der Waals surface area contributed by atoms with Gasteiger partial charge in [-0.15, -0.1) is 12.4 Å². The van der Waals surface area contributed by atoms with Crippen molar-refractivity contribution in [2.75, 3.05) is 6.54 Å². The molecule has 5 heteroatoms. The van der Waals surface area contributed by atoms with Gasteiger partial charge in [0.1, 0.15) is 0 Å². The molecule has 19 heavy (non-hydrogen) atoms.